The summed E-state index contributed by atoms with van der Waals surface area (Å²) in [6.07, 6.45) is 1.83. The first kappa shape index (κ1) is 30.4. The summed E-state index contributed by atoms with van der Waals surface area (Å²) in [5, 5.41) is 7.95. The monoisotopic (exact) mass is 618 g/mol. The number of aromatic nitrogens is 2. The van der Waals surface area contributed by atoms with Gasteiger partial charge in [-0.1, -0.05) is 55.3 Å². The smallest absolute Gasteiger partial charge is 0.306 e. The van der Waals surface area contributed by atoms with Gasteiger partial charge in [-0.15, -0.1) is 11.3 Å². The van der Waals surface area contributed by atoms with Crippen LogP contribution >= 0.6 is 22.9 Å². The molecular formula is C28H31ClN4O6S2. The minimum absolute atomic E-state index is 0.0387. The number of halogens is 1. The van der Waals surface area contributed by atoms with Gasteiger partial charge in [-0.05, 0) is 41.8 Å². The normalized spacial score (nSPS) is 11.4. The van der Waals surface area contributed by atoms with E-state index in [1.54, 1.807) is 10.7 Å². The highest BCUT2D eigenvalue weighted by atomic mass is 35.5. The second-order valence-corrected chi connectivity index (χ2v) is 12.8. The van der Waals surface area contributed by atoms with Gasteiger partial charge in [0.15, 0.2) is 5.82 Å². The molecule has 0 atom stereocenters. The lowest BCUT2D eigenvalue weighted by Crippen LogP contribution is -2.23. The van der Waals surface area contributed by atoms with Gasteiger partial charge >= 0.3 is 5.97 Å². The molecule has 2 aromatic heterocycles. The predicted octanol–water partition coefficient (Wildman–Crippen LogP) is 5.35. The largest absolute Gasteiger partial charge is 0.496 e. The van der Waals surface area contributed by atoms with Crippen LogP contribution in [0.5, 0.6) is 5.75 Å². The van der Waals surface area contributed by atoms with Gasteiger partial charge in [0, 0.05) is 13.0 Å². The maximum absolute atomic E-state index is 13.0. The number of ether oxygens (including phenoxy) is 2. The second-order valence-electron chi connectivity index (χ2n) is 9.20. The van der Waals surface area contributed by atoms with Gasteiger partial charge in [0.05, 0.1) is 41.9 Å². The number of nitrogens with zero attached hydrogens (tertiary/aromatic N) is 2. The summed E-state index contributed by atoms with van der Waals surface area (Å²) in [5.74, 6) is -0.00327. The molecule has 218 valence electrons. The Balaban J connectivity index is 1.47. The molecule has 41 heavy (non-hydrogen) atoms. The summed E-state index contributed by atoms with van der Waals surface area (Å²) in [6.45, 7) is 3.01. The molecule has 1 amide bonds. The molecule has 0 aliphatic rings. The van der Waals surface area contributed by atoms with Crippen molar-refractivity contribution in [2.24, 2.45) is 0 Å². The zero-order chi connectivity index (χ0) is 29.4. The maximum Gasteiger partial charge on any atom is 0.306 e. The van der Waals surface area contributed by atoms with Crippen molar-refractivity contribution in [2.45, 2.75) is 49.9 Å². The van der Waals surface area contributed by atoms with Crippen LogP contribution in [0.2, 0.25) is 4.34 Å². The number of nitrogens with one attached hydrogen (secondary N) is 2. The number of esters is 1. The number of unbranched alkanes of at least 4 members (excludes halogenated alkanes) is 1. The number of amides is 1. The molecule has 0 saturated carbocycles. The maximum atomic E-state index is 13.0. The van der Waals surface area contributed by atoms with Crippen molar-refractivity contribution in [1.82, 2.24) is 15.1 Å². The van der Waals surface area contributed by atoms with Gasteiger partial charge in [-0.3, -0.25) is 19.0 Å². The van der Waals surface area contributed by atoms with E-state index in [0.29, 0.717) is 40.7 Å². The average Bonchev–Trinajstić information content (AvgIpc) is 3.55. The number of carbonyl (C=O) groups excluding carboxylic acids is 2. The van der Waals surface area contributed by atoms with Crippen molar-refractivity contribution in [3.05, 3.63) is 70.1 Å². The fourth-order valence-corrected chi connectivity index (χ4v) is 6.59. The summed E-state index contributed by atoms with van der Waals surface area (Å²) in [7, 11) is -2.41. The molecule has 0 saturated heterocycles. The molecule has 4 aromatic rings. The number of hydrogen-bond donors (Lipinski definition) is 2. The molecule has 4 rings (SSSR count). The van der Waals surface area contributed by atoms with Crippen LogP contribution in [0.15, 0.2) is 58.8 Å². The van der Waals surface area contributed by atoms with Crippen LogP contribution in [0.25, 0.3) is 10.9 Å². The molecule has 0 radical (unpaired) electrons. The summed E-state index contributed by atoms with van der Waals surface area (Å²) in [6, 6.07) is 16.0. The molecule has 10 nitrogen and oxygen atoms in total. The van der Waals surface area contributed by atoms with Crippen LogP contribution in [-0.2, 0) is 37.4 Å². The highest BCUT2D eigenvalue weighted by Gasteiger charge is 2.23. The Kier molecular flexibility index (Phi) is 10.2. The molecule has 2 heterocycles. The predicted molar refractivity (Wildman–Crippen MR) is 159 cm³/mol. The van der Waals surface area contributed by atoms with Crippen LogP contribution in [0.1, 0.15) is 43.7 Å². The highest BCUT2D eigenvalue weighted by molar-refractivity contribution is 7.94. The van der Waals surface area contributed by atoms with E-state index >= 15 is 0 Å². The van der Waals surface area contributed by atoms with Crippen LogP contribution in [0.4, 0.5) is 5.82 Å². The van der Waals surface area contributed by atoms with Crippen LogP contribution in [0, 0.1) is 0 Å². The van der Waals surface area contributed by atoms with Crippen LogP contribution in [-0.4, -0.2) is 43.8 Å². The second kappa shape index (κ2) is 13.8. The van der Waals surface area contributed by atoms with E-state index in [0.717, 1.165) is 35.3 Å². The zero-order valence-electron chi connectivity index (χ0n) is 22.7. The lowest BCUT2D eigenvalue weighted by Gasteiger charge is -2.09. The third-order valence-corrected chi connectivity index (χ3v) is 9.20. The number of sulfonamides is 1. The lowest BCUT2D eigenvalue weighted by molar-refractivity contribution is -0.145. The first-order valence-electron chi connectivity index (χ1n) is 13.0. The Labute approximate surface area is 247 Å². The number of thiophene rings is 1. The lowest BCUT2D eigenvalue weighted by atomic mass is 10.1. The van der Waals surface area contributed by atoms with E-state index in [1.165, 1.54) is 19.2 Å². The summed E-state index contributed by atoms with van der Waals surface area (Å²) >= 11 is 6.90. The zero-order valence-corrected chi connectivity index (χ0v) is 25.1. The number of rotatable bonds is 14. The third kappa shape index (κ3) is 7.99. The number of anilines is 1. The Hall–Kier alpha value is -3.61. The molecule has 0 bridgehead atoms. The molecule has 0 aliphatic heterocycles. The topological polar surface area (TPSA) is 129 Å². The number of benzene rings is 2. The Morgan fingerprint density at radius 1 is 1.07 bits per heavy atom. The van der Waals surface area contributed by atoms with E-state index in [-0.39, 0.29) is 34.7 Å². The van der Waals surface area contributed by atoms with E-state index in [9.17, 15) is 18.0 Å². The molecular weight excluding hydrogens is 588 g/mol. The van der Waals surface area contributed by atoms with Gasteiger partial charge in [0.25, 0.3) is 10.0 Å². The van der Waals surface area contributed by atoms with Crippen LogP contribution < -0.4 is 14.8 Å². The number of methoxy groups -OCH3 is 1. The first-order chi connectivity index (χ1) is 19.7. The SMILES string of the molecule is CCCCOC(=O)CCC(=O)NCc1cccc(Cn2nc(NS(=O)(=O)c3ccc(Cl)s3)c3c(OC)cccc32)c1. The Morgan fingerprint density at radius 2 is 1.85 bits per heavy atom. The molecule has 0 aliphatic carbocycles. The van der Waals surface area contributed by atoms with Crippen molar-refractivity contribution in [3.8, 4) is 5.75 Å². The van der Waals surface area contributed by atoms with Gasteiger partial charge in [-0.2, -0.15) is 5.10 Å². The van der Waals surface area contributed by atoms with E-state index < -0.39 is 10.0 Å². The average molecular weight is 619 g/mol. The summed E-state index contributed by atoms with van der Waals surface area (Å²) in [5.41, 5.74) is 2.43. The van der Waals surface area contributed by atoms with Crippen molar-refractivity contribution in [2.75, 3.05) is 18.4 Å². The summed E-state index contributed by atoms with van der Waals surface area (Å²) < 4.78 is 41.4. The van der Waals surface area contributed by atoms with Crippen molar-refractivity contribution in [1.29, 1.82) is 0 Å². The van der Waals surface area contributed by atoms with Crippen molar-refractivity contribution >= 4 is 61.6 Å². The number of hydrogen-bond acceptors (Lipinski definition) is 8. The Bertz CT molecular complexity index is 1630. The molecule has 13 heteroatoms. The standard InChI is InChI=1S/C28H31ClN4O6S2/c1-3-4-15-39-25(35)13-12-24(34)30-17-19-7-5-8-20(16-19)18-33-21-9-6-10-22(38-2)27(21)28(31-33)32-41(36,37)26-14-11-23(29)40-26/h5-11,14,16H,3-4,12-13,15,17-18H2,1-2H3,(H,30,34)(H,31,32). The molecule has 0 fully saturated rings. The fourth-order valence-electron chi connectivity index (χ4n) is 4.10. The Morgan fingerprint density at radius 3 is 2.59 bits per heavy atom. The van der Waals surface area contributed by atoms with E-state index in [1.807, 2.05) is 43.3 Å². The fraction of sp³-hybridized carbons (Fsp3) is 0.321. The van der Waals surface area contributed by atoms with Gasteiger partial charge < -0.3 is 14.8 Å². The van der Waals surface area contributed by atoms with Crippen molar-refractivity contribution < 1.29 is 27.5 Å². The summed E-state index contributed by atoms with van der Waals surface area (Å²) in [4.78, 5) is 24.0. The molecule has 2 aromatic carbocycles. The molecule has 0 unspecified atom stereocenters. The number of fused-ring (bicyclic) bond motifs is 1. The van der Waals surface area contributed by atoms with Gasteiger partial charge in [0.1, 0.15) is 9.96 Å². The molecule has 0 spiro atoms. The molecule has 2 N–H and O–H groups in total. The van der Waals surface area contributed by atoms with E-state index in [4.69, 9.17) is 21.1 Å². The quantitative estimate of drug-likeness (QED) is 0.144. The van der Waals surface area contributed by atoms with Gasteiger partial charge in [0.2, 0.25) is 5.91 Å². The van der Waals surface area contributed by atoms with Crippen LogP contribution in [0.3, 0.4) is 0 Å². The van der Waals surface area contributed by atoms with Gasteiger partial charge in [-0.25, -0.2) is 8.42 Å². The highest BCUT2D eigenvalue weighted by Crippen LogP contribution is 2.35. The van der Waals surface area contributed by atoms with Crippen molar-refractivity contribution in [3.63, 3.8) is 0 Å². The first-order valence-corrected chi connectivity index (χ1v) is 15.7. The minimum Gasteiger partial charge on any atom is -0.496 e. The van der Waals surface area contributed by atoms with E-state index in [2.05, 4.69) is 15.1 Å². The third-order valence-electron chi connectivity index (χ3n) is 6.13. The minimum atomic E-state index is -3.92. The number of carbonyl (C=O) groups is 2.